The van der Waals surface area contributed by atoms with Crippen LogP contribution in [-0.4, -0.2) is 28.7 Å². The molecular formula is C8H15IN2. The number of hydrogen-bond acceptors (Lipinski definition) is 2. The fourth-order valence-electron chi connectivity index (χ4n) is 0.608. The van der Waals surface area contributed by atoms with Crippen molar-refractivity contribution in [2.45, 2.75) is 17.8 Å². The summed E-state index contributed by atoms with van der Waals surface area (Å²) in [5.74, 6) is 0. The summed E-state index contributed by atoms with van der Waals surface area (Å²) in [4.78, 5) is 0. The molecule has 0 rings (SSSR count). The Bertz CT molecular complexity index is 152. The summed E-state index contributed by atoms with van der Waals surface area (Å²) in [6.45, 7) is 8.80. The predicted molar refractivity (Wildman–Crippen MR) is 59.4 cm³/mol. The molecular weight excluding hydrogens is 251 g/mol. The van der Waals surface area contributed by atoms with Crippen LogP contribution in [0.15, 0.2) is 17.3 Å². The molecule has 2 nitrogen and oxygen atoms in total. The Morgan fingerprint density at radius 3 is 2.73 bits per heavy atom. The normalized spacial score (nSPS) is 13.5. The number of allylic oxidation sites excluding steroid dienone is 1. The molecule has 0 saturated heterocycles. The van der Waals surface area contributed by atoms with Gasteiger partial charge < -0.3 is 0 Å². The lowest BCUT2D eigenvalue weighted by molar-refractivity contribution is 0.365. The molecule has 0 aromatic carbocycles. The van der Waals surface area contributed by atoms with E-state index in [1.165, 1.54) is 0 Å². The maximum absolute atomic E-state index is 4.17. The van der Waals surface area contributed by atoms with Crippen LogP contribution >= 0.6 is 22.6 Å². The van der Waals surface area contributed by atoms with Gasteiger partial charge in [-0.05, 0) is 12.5 Å². The third-order valence-electron chi connectivity index (χ3n) is 0.991. The molecule has 0 heterocycles. The summed E-state index contributed by atoms with van der Waals surface area (Å²) in [6.07, 6.45) is 1.78. The number of halogens is 1. The number of hydrazone groups is 1. The van der Waals surface area contributed by atoms with Crippen LogP contribution in [0.25, 0.3) is 0 Å². The van der Waals surface area contributed by atoms with Crippen molar-refractivity contribution in [3.63, 3.8) is 0 Å². The van der Waals surface area contributed by atoms with Gasteiger partial charge >= 0.3 is 0 Å². The van der Waals surface area contributed by atoms with E-state index in [0.717, 1.165) is 12.1 Å². The Hall–Kier alpha value is -0.0600. The second-order valence-electron chi connectivity index (χ2n) is 2.71. The Kier molecular flexibility index (Phi) is 5.54. The fraction of sp³-hybridized carbons (Fsp3) is 0.625. The van der Waals surface area contributed by atoms with Gasteiger partial charge in [0.2, 0.25) is 0 Å². The lowest BCUT2D eigenvalue weighted by atomic mass is 10.4. The Labute approximate surface area is 82.5 Å². The molecule has 0 fully saturated rings. The first-order chi connectivity index (χ1) is 5.02. The first-order valence-electron chi connectivity index (χ1n) is 3.57. The third-order valence-corrected chi connectivity index (χ3v) is 1.38. The minimum atomic E-state index is 0.625. The third kappa shape index (κ3) is 7.84. The first kappa shape index (κ1) is 10.9. The first-order valence-corrected chi connectivity index (χ1v) is 4.81. The average Bonchev–Trinajstić information content (AvgIpc) is 1.82. The van der Waals surface area contributed by atoms with Gasteiger partial charge in [-0.15, -0.1) is 0 Å². The van der Waals surface area contributed by atoms with Crippen molar-refractivity contribution in [3.8, 4) is 0 Å². The SMILES string of the molecule is C=C(C)/C=N\N(C)CC(C)I. The second-order valence-corrected chi connectivity index (χ2v) is 4.84. The number of alkyl halides is 1. The van der Waals surface area contributed by atoms with Crippen molar-refractivity contribution < 1.29 is 0 Å². The second kappa shape index (κ2) is 5.57. The van der Waals surface area contributed by atoms with E-state index in [4.69, 9.17) is 0 Å². The topological polar surface area (TPSA) is 15.6 Å². The molecule has 11 heavy (non-hydrogen) atoms. The molecule has 0 spiro atoms. The molecule has 0 N–H and O–H groups in total. The van der Waals surface area contributed by atoms with Crippen LogP contribution in [0, 0.1) is 0 Å². The van der Waals surface area contributed by atoms with E-state index in [-0.39, 0.29) is 0 Å². The lowest BCUT2D eigenvalue weighted by Crippen LogP contribution is -2.18. The Morgan fingerprint density at radius 1 is 1.82 bits per heavy atom. The molecule has 1 unspecified atom stereocenters. The summed E-state index contributed by atoms with van der Waals surface area (Å²) >= 11 is 2.38. The molecule has 0 saturated carbocycles. The Balaban J connectivity index is 3.68. The van der Waals surface area contributed by atoms with E-state index >= 15 is 0 Å². The van der Waals surface area contributed by atoms with Crippen LogP contribution in [0.2, 0.25) is 0 Å². The zero-order valence-electron chi connectivity index (χ0n) is 7.34. The summed E-state index contributed by atoms with van der Waals surface area (Å²) in [5, 5.41) is 6.09. The monoisotopic (exact) mass is 266 g/mol. The largest absolute Gasteiger partial charge is 0.299 e. The lowest BCUT2D eigenvalue weighted by Gasteiger charge is -2.13. The van der Waals surface area contributed by atoms with Gasteiger partial charge in [-0.2, -0.15) is 5.10 Å². The number of nitrogens with zero attached hydrogens (tertiary/aromatic N) is 2. The summed E-state index contributed by atoms with van der Waals surface area (Å²) in [6, 6.07) is 0. The average molecular weight is 266 g/mol. The highest BCUT2D eigenvalue weighted by Gasteiger charge is 1.97. The summed E-state index contributed by atoms with van der Waals surface area (Å²) in [5.41, 5.74) is 0.984. The standard InChI is InChI=1S/C8H15IN2/c1-7(2)5-10-11(4)6-8(3)9/h5,8H,1,6H2,2-4H3/b10-5-. The van der Waals surface area contributed by atoms with Crippen LogP contribution in [0.1, 0.15) is 13.8 Å². The molecule has 0 aliphatic carbocycles. The summed E-state index contributed by atoms with van der Waals surface area (Å²) < 4.78 is 0.625. The molecule has 0 aromatic heterocycles. The van der Waals surface area contributed by atoms with Gasteiger partial charge in [0.1, 0.15) is 0 Å². The van der Waals surface area contributed by atoms with E-state index in [9.17, 15) is 0 Å². The van der Waals surface area contributed by atoms with E-state index in [1.807, 2.05) is 19.0 Å². The molecule has 3 heteroatoms. The van der Waals surface area contributed by atoms with E-state index in [0.29, 0.717) is 3.92 Å². The van der Waals surface area contributed by atoms with Gasteiger partial charge in [0.15, 0.2) is 0 Å². The molecule has 64 valence electrons. The highest BCUT2D eigenvalue weighted by Crippen LogP contribution is 2.00. The van der Waals surface area contributed by atoms with E-state index < -0.39 is 0 Å². The number of rotatable bonds is 4. The zero-order valence-corrected chi connectivity index (χ0v) is 9.50. The molecule has 0 radical (unpaired) electrons. The quantitative estimate of drug-likeness (QED) is 0.330. The minimum Gasteiger partial charge on any atom is -0.299 e. The van der Waals surface area contributed by atoms with Crippen LogP contribution in [0.4, 0.5) is 0 Å². The fourth-order valence-corrected chi connectivity index (χ4v) is 1.18. The van der Waals surface area contributed by atoms with Gasteiger partial charge in [-0.1, -0.05) is 36.1 Å². The minimum absolute atomic E-state index is 0.625. The van der Waals surface area contributed by atoms with Crippen molar-refractivity contribution in [1.29, 1.82) is 0 Å². The maximum atomic E-state index is 4.17. The van der Waals surface area contributed by atoms with Crippen LogP contribution in [0.5, 0.6) is 0 Å². The zero-order chi connectivity index (χ0) is 8.85. The Morgan fingerprint density at radius 2 is 2.36 bits per heavy atom. The van der Waals surface area contributed by atoms with Gasteiger partial charge in [-0.3, -0.25) is 5.01 Å². The van der Waals surface area contributed by atoms with Crippen molar-refractivity contribution in [2.24, 2.45) is 5.10 Å². The highest BCUT2D eigenvalue weighted by atomic mass is 127. The predicted octanol–water partition coefficient (Wildman–Crippen LogP) is 2.30. The molecule has 0 aliphatic heterocycles. The van der Waals surface area contributed by atoms with Crippen molar-refractivity contribution >= 4 is 28.8 Å². The van der Waals surface area contributed by atoms with E-state index in [1.54, 1.807) is 6.21 Å². The molecule has 0 amide bonds. The van der Waals surface area contributed by atoms with Crippen LogP contribution in [-0.2, 0) is 0 Å². The van der Waals surface area contributed by atoms with Gasteiger partial charge in [-0.25, -0.2) is 0 Å². The summed E-state index contributed by atoms with van der Waals surface area (Å²) in [7, 11) is 1.97. The molecule has 1 atom stereocenters. The van der Waals surface area contributed by atoms with Gasteiger partial charge in [0.05, 0.1) is 0 Å². The molecule has 0 aromatic rings. The maximum Gasteiger partial charge on any atom is 0.0493 e. The highest BCUT2D eigenvalue weighted by molar-refractivity contribution is 14.1. The van der Waals surface area contributed by atoms with Crippen molar-refractivity contribution in [1.82, 2.24) is 5.01 Å². The van der Waals surface area contributed by atoms with Crippen molar-refractivity contribution in [3.05, 3.63) is 12.2 Å². The van der Waals surface area contributed by atoms with Gasteiger partial charge in [0.25, 0.3) is 0 Å². The number of hydrogen-bond donors (Lipinski definition) is 0. The molecule has 0 aliphatic rings. The molecule has 0 bridgehead atoms. The van der Waals surface area contributed by atoms with Crippen LogP contribution < -0.4 is 0 Å². The van der Waals surface area contributed by atoms with Crippen molar-refractivity contribution in [2.75, 3.05) is 13.6 Å². The van der Waals surface area contributed by atoms with E-state index in [2.05, 4.69) is 41.2 Å². The van der Waals surface area contributed by atoms with Crippen LogP contribution in [0.3, 0.4) is 0 Å². The van der Waals surface area contributed by atoms with Gasteiger partial charge in [0, 0.05) is 23.7 Å². The smallest absolute Gasteiger partial charge is 0.0493 e.